The number of methoxy groups -OCH3 is 1. The predicted octanol–water partition coefficient (Wildman–Crippen LogP) is 2.50. The van der Waals surface area contributed by atoms with Gasteiger partial charge in [0.15, 0.2) is 0 Å². The molecule has 0 amide bonds. The molecule has 1 saturated heterocycles. The van der Waals surface area contributed by atoms with Crippen LogP contribution in [0, 0.1) is 12.8 Å². The number of benzene rings is 1. The molecular weight excluding hydrogens is 198 g/mol. The Hall–Kier alpha value is -1.02. The average Bonchev–Trinajstić information content (AvgIpc) is 2.67. The largest absolute Gasteiger partial charge is 0.496 e. The van der Waals surface area contributed by atoms with Crippen molar-refractivity contribution in [2.24, 2.45) is 5.92 Å². The lowest BCUT2D eigenvalue weighted by molar-refractivity contribution is 0.393. The van der Waals surface area contributed by atoms with Crippen LogP contribution in [-0.4, -0.2) is 32.1 Å². The fraction of sp³-hybridized carbons (Fsp3) is 0.571. The van der Waals surface area contributed by atoms with E-state index in [0.29, 0.717) is 0 Å². The van der Waals surface area contributed by atoms with E-state index in [1.54, 1.807) is 7.11 Å². The summed E-state index contributed by atoms with van der Waals surface area (Å²) in [5, 5.41) is 0. The standard InChI is InChI=1S/C14H21NO/c1-11-4-5-12(9-14(11)16-3)8-13-6-7-15(2)10-13/h4-5,9,13H,6-8,10H2,1-3H3/t13-/m0/s1. The van der Waals surface area contributed by atoms with E-state index in [0.717, 1.165) is 11.7 Å². The first-order valence-electron chi connectivity index (χ1n) is 6.01. The summed E-state index contributed by atoms with van der Waals surface area (Å²) in [6, 6.07) is 6.58. The molecule has 16 heavy (non-hydrogen) atoms. The Labute approximate surface area is 98.2 Å². The van der Waals surface area contributed by atoms with Gasteiger partial charge < -0.3 is 9.64 Å². The molecule has 2 heteroatoms. The molecule has 1 aliphatic rings. The number of ether oxygens (including phenoxy) is 1. The summed E-state index contributed by atoms with van der Waals surface area (Å²) in [6.45, 7) is 4.57. The molecule has 0 N–H and O–H groups in total. The molecule has 2 nitrogen and oxygen atoms in total. The van der Waals surface area contributed by atoms with Crippen molar-refractivity contribution in [3.63, 3.8) is 0 Å². The Kier molecular flexibility index (Phi) is 3.49. The molecule has 1 aromatic rings. The summed E-state index contributed by atoms with van der Waals surface area (Å²) in [5.41, 5.74) is 2.62. The SMILES string of the molecule is COc1cc(C[C@@H]2CCN(C)C2)ccc1C. The van der Waals surface area contributed by atoms with Crippen LogP contribution in [-0.2, 0) is 6.42 Å². The fourth-order valence-electron chi connectivity index (χ4n) is 2.52. The summed E-state index contributed by atoms with van der Waals surface area (Å²) >= 11 is 0. The van der Waals surface area contributed by atoms with Crippen LogP contribution in [0.5, 0.6) is 5.75 Å². The monoisotopic (exact) mass is 219 g/mol. The summed E-state index contributed by atoms with van der Waals surface area (Å²) in [6.07, 6.45) is 2.51. The minimum absolute atomic E-state index is 0.817. The molecule has 0 spiro atoms. The lowest BCUT2D eigenvalue weighted by Gasteiger charge is -2.12. The van der Waals surface area contributed by atoms with Gasteiger partial charge in [-0.15, -0.1) is 0 Å². The maximum atomic E-state index is 5.36. The second-order valence-corrected chi connectivity index (χ2v) is 4.93. The molecule has 0 aromatic heterocycles. The molecule has 0 unspecified atom stereocenters. The lowest BCUT2D eigenvalue weighted by atomic mass is 9.97. The fourth-order valence-corrected chi connectivity index (χ4v) is 2.52. The number of hydrogen-bond donors (Lipinski definition) is 0. The van der Waals surface area contributed by atoms with Crippen molar-refractivity contribution in [3.8, 4) is 5.75 Å². The van der Waals surface area contributed by atoms with Crippen LogP contribution < -0.4 is 4.74 Å². The zero-order chi connectivity index (χ0) is 11.5. The van der Waals surface area contributed by atoms with E-state index in [1.807, 2.05) is 0 Å². The predicted molar refractivity (Wildman–Crippen MR) is 67.0 cm³/mol. The zero-order valence-corrected chi connectivity index (χ0v) is 10.5. The highest BCUT2D eigenvalue weighted by Crippen LogP contribution is 2.24. The molecule has 0 radical (unpaired) electrons. The number of rotatable bonds is 3. The molecular formula is C14H21NO. The third-order valence-electron chi connectivity index (χ3n) is 3.49. The molecule has 2 rings (SSSR count). The van der Waals surface area contributed by atoms with E-state index >= 15 is 0 Å². The second-order valence-electron chi connectivity index (χ2n) is 4.93. The lowest BCUT2D eigenvalue weighted by Crippen LogP contribution is -2.15. The van der Waals surface area contributed by atoms with Crippen molar-refractivity contribution in [1.82, 2.24) is 4.90 Å². The Balaban J connectivity index is 2.04. The van der Waals surface area contributed by atoms with Gasteiger partial charge in [0.2, 0.25) is 0 Å². The van der Waals surface area contributed by atoms with Crippen LogP contribution in [0.3, 0.4) is 0 Å². The summed E-state index contributed by atoms with van der Waals surface area (Å²) < 4.78 is 5.36. The summed E-state index contributed by atoms with van der Waals surface area (Å²) in [5.74, 6) is 1.83. The van der Waals surface area contributed by atoms with Crippen molar-refractivity contribution in [2.75, 3.05) is 27.2 Å². The molecule has 1 aliphatic heterocycles. The number of aryl methyl sites for hydroxylation is 1. The minimum Gasteiger partial charge on any atom is -0.496 e. The van der Waals surface area contributed by atoms with Gasteiger partial charge >= 0.3 is 0 Å². The second kappa shape index (κ2) is 4.88. The third kappa shape index (κ3) is 2.56. The number of nitrogens with zero attached hydrogens (tertiary/aromatic N) is 1. The van der Waals surface area contributed by atoms with E-state index in [9.17, 15) is 0 Å². The van der Waals surface area contributed by atoms with Gasteiger partial charge in [0.1, 0.15) is 5.75 Å². The van der Waals surface area contributed by atoms with E-state index in [-0.39, 0.29) is 0 Å². The van der Waals surface area contributed by atoms with Crippen LogP contribution in [0.15, 0.2) is 18.2 Å². The van der Waals surface area contributed by atoms with Crippen molar-refractivity contribution in [3.05, 3.63) is 29.3 Å². The summed E-state index contributed by atoms with van der Waals surface area (Å²) in [4.78, 5) is 2.41. The first kappa shape index (κ1) is 11.5. The van der Waals surface area contributed by atoms with Gasteiger partial charge in [-0.3, -0.25) is 0 Å². The average molecular weight is 219 g/mol. The van der Waals surface area contributed by atoms with E-state index in [2.05, 4.69) is 37.1 Å². The third-order valence-corrected chi connectivity index (χ3v) is 3.49. The zero-order valence-electron chi connectivity index (χ0n) is 10.5. The van der Waals surface area contributed by atoms with Crippen LogP contribution in [0.2, 0.25) is 0 Å². The van der Waals surface area contributed by atoms with Crippen LogP contribution >= 0.6 is 0 Å². The molecule has 1 heterocycles. The Bertz CT molecular complexity index is 362. The van der Waals surface area contributed by atoms with E-state index in [4.69, 9.17) is 4.74 Å². The number of likely N-dealkylation sites (tertiary alicyclic amines) is 1. The molecule has 0 aliphatic carbocycles. The number of hydrogen-bond acceptors (Lipinski definition) is 2. The van der Waals surface area contributed by atoms with Crippen molar-refractivity contribution in [2.45, 2.75) is 19.8 Å². The van der Waals surface area contributed by atoms with Crippen molar-refractivity contribution in [1.29, 1.82) is 0 Å². The Morgan fingerprint density at radius 2 is 2.25 bits per heavy atom. The van der Waals surface area contributed by atoms with Crippen LogP contribution in [0.1, 0.15) is 17.5 Å². The highest BCUT2D eigenvalue weighted by molar-refractivity contribution is 5.36. The molecule has 0 saturated carbocycles. The molecule has 1 fully saturated rings. The molecule has 1 atom stereocenters. The van der Waals surface area contributed by atoms with Gasteiger partial charge in [-0.2, -0.15) is 0 Å². The first-order chi connectivity index (χ1) is 7.69. The molecule has 1 aromatic carbocycles. The van der Waals surface area contributed by atoms with Crippen LogP contribution in [0.25, 0.3) is 0 Å². The van der Waals surface area contributed by atoms with Gasteiger partial charge in [-0.25, -0.2) is 0 Å². The van der Waals surface area contributed by atoms with Crippen molar-refractivity contribution < 1.29 is 4.74 Å². The molecule has 0 bridgehead atoms. The first-order valence-corrected chi connectivity index (χ1v) is 6.01. The normalized spacial score (nSPS) is 21.3. The Morgan fingerprint density at radius 3 is 2.88 bits per heavy atom. The van der Waals surface area contributed by atoms with Gasteiger partial charge in [0.05, 0.1) is 7.11 Å². The topological polar surface area (TPSA) is 12.5 Å². The highest BCUT2D eigenvalue weighted by Gasteiger charge is 2.19. The maximum Gasteiger partial charge on any atom is 0.122 e. The van der Waals surface area contributed by atoms with Gasteiger partial charge in [0.25, 0.3) is 0 Å². The van der Waals surface area contributed by atoms with Crippen molar-refractivity contribution >= 4 is 0 Å². The van der Waals surface area contributed by atoms with Gasteiger partial charge in [-0.1, -0.05) is 12.1 Å². The quantitative estimate of drug-likeness (QED) is 0.774. The maximum absolute atomic E-state index is 5.36. The molecule has 88 valence electrons. The highest BCUT2D eigenvalue weighted by atomic mass is 16.5. The smallest absolute Gasteiger partial charge is 0.122 e. The minimum atomic E-state index is 0.817. The van der Waals surface area contributed by atoms with Gasteiger partial charge in [-0.05, 0) is 56.5 Å². The van der Waals surface area contributed by atoms with E-state index in [1.165, 1.54) is 37.1 Å². The van der Waals surface area contributed by atoms with Gasteiger partial charge in [0, 0.05) is 6.54 Å². The summed E-state index contributed by atoms with van der Waals surface area (Å²) in [7, 11) is 3.95. The van der Waals surface area contributed by atoms with E-state index < -0.39 is 0 Å². The van der Waals surface area contributed by atoms with Crippen LogP contribution in [0.4, 0.5) is 0 Å². The Morgan fingerprint density at radius 1 is 1.44 bits per heavy atom.